The van der Waals surface area contributed by atoms with Crippen molar-refractivity contribution in [3.8, 4) is 0 Å². The van der Waals surface area contributed by atoms with Gasteiger partial charge in [-0.15, -0.1) is 0 Å². The first-order chi connectivity index (χ1) is 14.7. The van der Waals surface area contributed by atoms with Crippen molar-refractivity contribution in [1.29, 1.82) is 0 Å². The fourth-order valence-corrected chi connectivity index (χ4v) is 3.38. The van der Waals surface area contributed by atoms with Crippen LogP contribution >= 0.6 is 11.6 Å². The molecular formula is C21H27ClN6O3. The fourth-order valence-electron chi connectivity index (χ4n) is 3.10. The largest absolute Gasteiger partial charge is 0.478 e. The van der Waals surface area contributed by atoms with Gasteiger partial charge in [-0.2, -0.15) is 9.97 Å². The Labute approximate surface area is 185 Å². The van der Waals surface area contributed by atoms with Crippen molar-refractivity contribution in [2.24, 2.45) is 5.92 Å². The van der Waals surface area contributed by atoms with E-state index in [4.69, 9.17) is 16.7 Å². The van der Waals surface area contributed by atoms with Gasteiger partial charge >= 0.3 is 5.97 Å². The number of fused-ring (bicyclic) bond motifs is 1. The number of carbonyl (C=O) groups is 1. The number of aromatic nitrogens is 4. The molecule has 9 nitrogen and oxygen atoms in total. The van der Waals surface area contributed by atoms with Gasteiger partial charge in [0.2, 0.25) is 5.95 Å². The molecule has 0 radical (unpaired) electrons. The van der Waals surface area contributed by atoms with Gasteiger partial charge in [0.15, 0.2) is 17.0 Å². The number of carboxylic acid groups (broad SMARTS) is 1. The highest BCUT2D eigenvalue weighted by Gasteiger charge is 2.18. The van der Waals surface area contributed by atoms with Crippen LogP contribution in [-0.2, 0) is 6.54 Å². The summed E-state index contributed by atoms with van der Waals surface area (Å²) >= 11 is 6.08. The number of hydrogen-bond donors (Lipinski definition) is 4. The fraction of sp³-hybridized carbons (Fsp3) is 0.429. The zero-order valence-electron chi connectivity index (χ0n) is 17.9. The molecule has 0 bridgehead atoms. The Balaban J connectivity index is 1.94. The molecule has 2 aromatic heterocycles. The zero-order chi connectivity index (χ0) is 22.7. The Morgan fingerprint density at radius 3 is 2.55 bits per heavy atom. The number of carboxylic acids is 1. The Bertz CT molecular complexity index is 1080. The third kappa shape index (κ3) is 5.05. The SMILES string of the molecule is CC(C)[C@H](CO)Nc1nc(NCc2ccc(C(=O)O)c(Cl)c2)c2ncn(C(C)C)c2n1. The Kier molecular flexibility index (Phi) is 6.97. The van der Waals surface area contributed by atoms with Crippen LogP contribution < -0.4 is 10.6 Å². The lowest BCUT2D eigenvalue weighted by atomic mass is 10.1. The van der Waals surface area contributed by atoms with Gasteiger partial charge in [0.25, 0.3) is 0 Å². The van der Waals surface area contributed by atoms with Crippen LogP contribution in [0.15, 0.2) is 24.5 Å². The number of rotatable bonds is 9. The number of aromatic carboxylic acids is 1. The first-order valence-electron chi connectivity index (χ1n) is 10.1. The maximum absolute atomic E-state index is 11.2. The van der Waals surface area contributed by atoms with E-state index in [-0.39, 0.29) is 35.2 Å². The first kappa shape index (κ1) is 22.8. The van der Waals surface area contributed by atoms with Crippen molar-refractivity contribution in [2.75, 3.05) is 17.2 Å². The van der Waals surface area contributed by atoms with Crippen LogP contribution in [0, 0.1) is 5.92 Å². The van der Waals surface area contributed by atoms with E-state index in [1.165, 1.54) is 6.07 Å². The normalized spacial score (nSPS) is 12.5. The van der Waals surface area contributed by atoms with Crippen LogP contribution in [0.3, 0.4) is 0 Å². The van der Waals surface area contributed by atoms with Crippen LogP contribution in [0.2, 0.25) is 5.02 Å². The van der Waals surface area contributed by atoms with Gasteiger partial charge in [-0.1, -0.05) is 31.5 Å². The van der Waals surface area contributed by atoms with Gasteiger partial charge in [-0.05, 0) is 37.5 Å². The lowest BCUT2D eigenvalue weighted by Crippen LogP contribution is -2.30. The van der Waals surface area contributed by atoms with Crippen molar-refractivity contribution in [1.82, 2.24) is 19.5 Å². The molecule has 0 aliphatic carbocycles. The van der Waals surface area contributed by atoms with E-state index in [0.717, 1.165) is 5.56 Å². The third-order valence-electron chi connectivity index (χ3n) is 5.02. The molecule has 166 valence electrons. The molecule has 1 aromatic carbocycles. The molecule has 0 amide bonds. The number of hydrogen-bond acceptors (Lipinski definition) is 7. The van der Waals surface area contributed by atoms with Crippen LogP contribution in [0.4, 0.5) is 11.8 Å². The van der Waals surface area contributed by atoms with E-state index in [0.29, 0.717) is 29.5 Å². The summed E-state index contributed by atoms with van der Waals surface area (Å²) in [6, 6.07) is 4.76. The molecule has 31 heavy (non-hydrogen) atoms. The Morgan fingerprint density at radius 1 is 1.23 bits per heavy atom. The average molecular weight is 447 g/mol. The second-order valence-corrected chi connectivity index (χ2v) is 8.37. The molecule has 0 unspecified atom stereocenters. The van der Waals surface area contributed by atoms with Crippen molar-refractivity contribution in [3.63, 3.8) is 0 Å². The molecule has 0 aliphatic heterocycles. The molecule has 2 heterocycles. The van der Waals surface area contributed by atoms with Gasteiger partial charge in [0.05, 0.1) is 29.6 Å². The molecule has 3 rings (SSSR count). The van der Waals surface area contributed by atoms with Gasteiger partial charge in [0, 0.05) is 12.6 Å². The number of imidazole rings is 1. The summed E-state index contributed by atoms with van der Waals surface area (Å²) < 4.78 is 1.95. The van der Waals surface area contributed by atoms with Gasteiger partial charge in [-0.3, -0.25) is 0 Å². The van der Waals surface area contributed by atoms with E-state index >= 15 is 0 Å². The van der Waals surface area contributed by atoms with Gasteiger partial charge < -0.3 is 25.4 Å². The Hall–Kier alpha value is -2.91. The van der Waals surface area contributed by atoms with Crippen LogP contribution in [0.1, 0.15) is 49.7 Å². The lowest BCUT2D eigenvalue weighted by Gasteiger charge is -2.20. The molecule has 0 fully saturated rings. The number of anilines is 2. The maximum atomic E-state index is 11.2. The molecule has 0 spiro atoms. The minimum Gasteiger partial charge on any atom is -0.478 e. The number of benzene rings is 1. The molecule has 4 N–H and O–H groups in total. The number of nitrogens with one attached hydrogen (secondary N) is 2. The summed E-state index contributed by atoms with van der Waals surface area (Å²) in [5.74, 6) is 0.0429. The number of aliphatic hydroxyl groups is 1. The number of aliphatic hydroxyl groups excluding tert-OH is 1. The molecule has 0 saturated carbocycles. The molecule has 1 atom stereocenters. The molecule has 0 aliphatic rings. The van der Waals surface area contributed by atoms with Crippen LogP contribution in [0.5, 0.6) is 0 Å². The van der Waals surface area contributed by atoms with E-state index in [9.17, 15) is 9.90 Å². The summed E-state index contributed by atoms with van der Waals surface area (Å²) in [5, 5.41) is 25.5. The van der Waals surface area contributed by atoms with Gasteiger partial charge in [-0.25, -0.2) is 9.78 Å². The zero-order valence-corrected chi connectivity index (χ0v) is 18.7. The van der Waals surface area contributed by atoms with Crippen molar-refractivity contribution < 1.29 is 15.0 Å². The second-order valence-electron chi connectivity index (χ2n) is 7.96. The summed E-state index contributed by atoms with van der Waals surface area (Å²) in [4.78, 5) is 24.8. The number of halogens is 1. The number of nitrogens with zero attached hydrogens (tertiary/aromatic N) is 4. The maximum Gasteiger partial charge on any atom is 0.337 e. The highest BCUT2D eigenvalue weighted by molar-refractivity contribution is 6.33. The highest BCUT2D eigenvalue weighted by Crippen LogP contribution is 2.25. The van der Waals surface area contributed by atoms with Crippen LogP contribution in [0.25, 0.3) is 11.2 Å². The Morgan fingerprint density at radius 2 is 1.97 bits per heavy atom. The quantitative estimate of drug-likeness (QED) is 0.391. The average Bonchev–Trinajstić information content (AvgIpc) is 3.14. The smallest absolute Gasteiger partial charge is 0.337 e. The standard InChI is InChI=1S/C21H27ClN6O3/c1-11(2)16(9-29)25-21-26-18(17-19(27-21)28(10-24-17)12(3)4)23-8-13-5-6-14(20(30)31)15(22)7-13/h5-7,10-12,16,29H,8-9H2,1-4H3,(H,30,31)(H2,23,25,26,27)/t16-/m0/s1. The monoisotopic (exact) mass is 446 g/mol. The summed E-state index contributed by atoms with van der Waals surface area (Å²) in [6.07, 6.45) is 1.73. The van der Waals surface area contributed by atoms with E-state index in [1.54, 1.807) is 18.5 Å². The first-order valence-corrected chi connectivity index (χ1v) is 10.5. The summed E-state index contributed by atoms with van der Waals surface area (Å²) in [6.45, 7) is 8.43. The van der Waals surface area contributed by atoms with E-state index in [1.807, 2.05) is 32.3 Å². The molecule has 10 heteroatoms. The predicted octanol–water partition coefficient (Wildman–Crippen LogP) is 3.80. The molecule has 3 aromatic rings. The minimum absolute atomic E-state index is 0.0420. The van der Waals surface area contributed by atoms with Gasteiger partial charge in [0.1, 0.15) is 0 Å². The molecule has 0 saturated heterocycles. The summed E-state index contributed by atoms with van der Waals surface area (Å²) in [5.41, 5.74) is 2.16. The topological polar surface area (TPSA) is 125 Å². The predicted molar refractivity (Wildman–Crippen MR) is 121 cm³/mol. The molecular weight excluding hydrogens is 420 g/mol. The van der Waals surface area contributed by atoms with Crippen LogP contribution in [-0.4, -0.2) is 48.4 Å². The van der Waals surface area contributed by atoms with E-state index in [2.05, 4.69) is 25.6 Å². The van der Waals surface area contributed by atoms with E-state index < -0.39 is 5.97 Å². The lowest BCUT2D eigenvalue weighted by molar-refractivity contribution is 0.0697. The minimum atomic E-state index is -1.07. The van der Waals surface area contributed by atoms with Crippen molar-refractivity contribution in [3.05, 3.63) is 40.7 Å². The van der Waals surface area contributed by atoms with Crippen molar-refractivity contribution >= 4 is 40.5 Å². The highest BCUT2D eigenvalue weighted by atomic mass is 35.5. The van der Waals surface area contributed by atoms with Crippen molar-refractivity contribution in [2.45, 2.75) is 46.3 Å². The summed E-state index contributed by atoms with van der Waals surface area (Å²) in [7, 11) is 0. The third-order valence-corrected chi connectivity index (χ3v) is 5.33. The second kappa shape index (κ2) is 9.49.